The molecule has 2 heterocycles. The molecule has 5 aliphatic rings. The van der Waals surface area contributed by atoms with Gasteiger partial charge >= 0.3 is 0 Å². The fourth-order valence-corrected chi connectivity index (χ4v) is 12.0. The van der Waals surface area contributed by atoms with Gasteiger partial charge in [0.25, 0.3) is 0 Å². The molecule has 0 bridgehead atoms. The highest BCUT2D eigenvalue weighted by atomic mass is 32.2. The summed E-state index contributed by atoms with van der Waals surface area (Å²) in [6, 6.07) is 29.5. The zero-order chi connectivity index (χ0) is 47.6. The van der Waals surface area contributed by atoms with Gasteiger partial charge in [-0.25, -0.2) is 0 Å². The van der Waals surface area contributed by atoms with Crippen LogP contribution in [0.25, 0.3) is 0 Å². The minimum absolute atomic E-state index is 0.0301. The lowest BCUT2D eigenvalue weighted by Crippen LogP contribution is -2.70. The summed E-state index contributed by atoms with van der Waals surface area (Å²) in [5, 5.41) is 25.2. The third kappa shape index (κ3) is 11.0. The fourth-order valence-electron chi connectivity index (χ4n) is 11.6. The Morgan fingerprint density at radius 2 is 1.62 bits per heavy atom. The number of carbonyl (C=O) groups excluding carboxylic acids is 1. The van der Waals surface area contributed by atoms with E-state index in [1.807, 2.05) is 77.7 Å². The van der Waals surface area contributed by atoms with E-state index < -0.39 is 17.7 Å². The van der Waals surface area contributed by atoms with Gasteiger partial charge < -0.3 is 43.6 Å². The molecular formula is C57H68N2O9S. The standard InChI is InChI=1S/C57H68N2O9S/c1-3-31-65-57-53(59(54(62)28-20-39-13-7-8-14-39)36-41-19-26-51-52(32-41)64-38-63-51)35-49(58-66-37-40-15-5-4-6-16-40)47-33-42(17-9-11-29-60)46(18-10-12-30-61)55(56(47)57)48-34-44(23-27-50(48)68-57)67-43-21-24-45(69-2)25-22-43/h3-6,15-16,19,21-27,32-34,39,42,46,53,55-56,60-61H,1,7-14,17-18,20,28-31,35-38H2,2H3/t42-,46+,53-,55+,56+,57+/m0/s1. The molecule has 2 N–H and O–H groups in total. The summed E-state index contributed by atoms with van der Waals surface area (Å²) < 4.78 is 33.1. The SMILES string of the molecule is C=CCO[C@@]12Oc3ccc(Oc4ccc(SC)cc4)cc3[C@H]3[C@H](CCCCO)[C@@H](CCCCO)C=C(C(=NOCc4ccccc4)C[C@@H]1N(Cc1ccc4c(c1)OCO4)C(=O)CCC1CCCC1)[C@H]32. The lowest BCUT2D eigenvalue weighted by atomic mass is 9.55. The quantitative estimate of drug-likeness (QED) is 0.0321. The van der Waals surface area contributed by atoms with Crippen molar-refractivity contribution in [3.63, 3.8) is 0 Å². The van der Waals surface area contributed by atoms with E-state index in [1.54, 1.807) is 17.8 Å². The largest absolute Gasteiger partial charge is 0.459 e. The lowest BCUT2D eigenvalue weighted by molar-refractivity contribution is -0.258. The Hall–Kier alpha value is -5.27. The van der Waals surface area contributed by atoms with Crippen molar-refractivity contribution in [2.75, 3.05) is 32.9 Å². The number of aliphatic hydroxyl groups is 2. The molecule has 0 unspecified atom stereocenters. The van der Waals surface area contributed by atoms with Crippen LogP contribution in [0.4, 0.5) is 0 Å². The van der Waals surface area contributed by atoms with E-state index in [4.69, 9.17) is 33.7 Å². The molecule has 366 valence electrons. The van der Waals surface area contributed by atoms with Crippen LogP contribution in [0.15, 0.2) is 125 Å². The van der Waals surface area contributed by atoms with Crippen molar-refractivity contribution >= 4 is 23.4 Å². The van der Waals surface area contributed by atoms with E-state index in [2.05, 4.69) is 37.1 Å². The van der Waals surface area contributed by atoms with E-state index in [0.717, 1.165) is 83.6 Å². The maximum absolute atomic E-state index is 15.4. The van der Waals surface area contributed by atoms with Gasteiger partial charge in [0, 0.05) is 49.0 Å². The molecular weight excluding hydrogens is 889 g/mol. The van der Waals surface area contributed by atoms with Crippen LogP contribution in [0.5, 0.6) is 28.7 Å². The third-order valence-corrected chi connectivity index (χ3v) is 15.7. The van der Waals surface area contributed by atoms with Gasteiger partial charge in [-0.15, -0.1) is 18.3 Å². The summed E-state index contributed by atoms with van der Waals surface area (Å²) in [6.45, 7) is 5.23. The van der Waals surface area contributed by atoms with Gasteiger partial charge in [-0.1, -0.05) is 92.2 Å². The van der Waals surface area contributed by atoms with Crippen molar-refractivity contribution in [1.82, 2.24) is 4.90 Å². The highest BCUT2D eigenvalue weighted by Gasteiger charge is 2.65. The Kier molecular flexibility index (Phi) is 16.3. The van der Waals surface area contributed by atoms with Gasteiger partial charge in [-0.05, 0) is 127 Å². The smallest absolute Gasteiger partial charge is 0.239 e. The predicted octanol–water partition coefficient (Wildman–Crippen LogP) is 11.8. The second-order valence-electron chi connectivity index (χ2n) is 19.2. The number of hydrogen-bond acceptors (Lipinski definition) is 11. The number of aliphatic hydroxyl groups excluding tert-OH is 2. The highest BCUT2D eigenvalue weighted by Crippen LogP contribution is 2.62. The van der Waals surface area contributed by atoms with E-state index in [1.165, 1.54) is 12.8 Å². The Labute approximate surface area is 411 Å². The van der Waals surface area contributed by atoms with E-state index in [0.29, 0.717) is 54.6 Å². The monoisotopic (exact) mass is 956 g/mol. The van der Waals surface area contributed by atoms with Crippen LogP contribution in [-0.4, -0.2) is 71.4 Å². The molecule has 2 fully saturated rings. The molecule has 0 radical (unpaired) electrons. The molecule has 9 rings (SSSR count). The molecule has 2 aliphatic heterocycles. The summed E-state index contributed by atoms with van der Waals surface area (Å²) in [7, 11) is 0. The molecule has 2 saturated carbocycles. The first-order chi connectivity index (χ1) is 33.9. The number of hydrogen-bond donors (Lipinski definition) is 2. The molecule has 0 spiro atoms. The van der Waals surface area contributed by atoms with Crippen molar-refractivity contribution in [3.05, 3.63) is 132 Å². The number of nitrogens with zero attached hydrogens (tertiary/aromatic N) is 2. The fraction of sp³-hybridized carbons (Fsp3) is 0.474. The number of oxime groups is 1. The van der Waals surface area contributed by atoms with Gasteiger partial charge in [0.2, 0.25) is 18.5 Å². The third-order valence-electron chi connectivity index (χ3n) is 14.9. The van der Waals surface area contributed by atoms with E-state index in [9.17, 15) is 10.2 Å². The number of thioether (sulfide) groups is 1. The van der Waals surface area contributed by atoms with Gasteiger partial charge in [0.05, 0.1) is 18.2 Å². The summed E-state index contributed by atoms with van der Waals surface area (Å²) in [5.74, 6) is 2.10. The van der Waals surface area contributed by atoms with Crippen molar-refractivity contribution < 1.29 is 43.5 Å². The first-order valence-corrected chi connectivity index (χ1v) is 26.4. The number of allylic oxidation sites excluding steroid dienone is 1. The average molecular weight is 957 g/mol. The van der Waals surface area contributed by atoms with Crippen LogP contribution < -0.4 is 18.9 Å². The maximum Gasteiger partial charge on any atom is 0.239 e. The molecule has 12 heteroatoms. The molecule has 4 aromatic carbocycles. The summed E-state index contributed by atoms with van der Waals surface area (Å²) in [4.78, 5) is 24.9. The minimum Gasteiger partial charge on any atom is -0.459 e. The Bertz CT molecular complexity index is 2420. The van der Waals surface area contributed by atoms with E-state index >= 15 is 4.79 Å². The number of ether oxygens (including phenoxy) is 5. The number of rotatable bonds is 23. The van der Waals surface area contributed by atoms with Crippen LogP contribution in [0.3, 0.4) is 0 Å². The van der Waals surface area contributed by atoms with Crippen LogP contribution in [0, 0.1) is 23.7 Å². The molecule has 1 amide bonds. The average Bonchev–Trinajstić information content (AvgIpc) is 4.09. The number of amides is 1. The molecule has 3 aliphatic carbocycles. The number of fused-ring (bicyclic) bond motifs is 3. The maximum atomic E-state index is 15.4. The van der Waals surface area contributed by atoms with Gasteiger partial charge in [-0.3, -0.25) is 4.79 Å². The van der Waals surface area contributed by atoms with Crippen molar-refractivity contribution in [2.45, 2.75) is 119 Å². The van der Waals surface area contributed by atoms with E-state index in [-0.39, 0.29) is 63.4 Å². The van der Waals surface area contributed by atoms with Crippen molar-refractivity contribution in [2.24, 2.45) is 28.8 Å². The molecule has 11 nitrogen and oxygen atoms in total. The van der Waals surface area contributed by atoms with Crippen molar-refractivity contribution in [3.8, 4) is 28.7 Å². The lowest BCUT2D eigenvalue weighted by Gasteiger charge is -2.60. The first kappa shape index (κ1) is 48.7. The Balaban J connectivity index is 1.22. The van der Waals surface area contributed by atoms with Crippen LogP contribution >= 0.6 is 11.8 Å². The molecule has 6 atom stereocenters. The van der Waals surface area contributed by atoms with Gasteiger partial charge in [0.15, 0.2) is 11.5 Å². The zero-order valence-electron chi connectivity index (χ0n) is 40.0. The summed E-state index contributed by atoms with van der Waals surface area (Å²) in [5.41, 5.74) is 4.66. The second kappa shape index (κ2) is 23.1. The van der Waals surface area contributed by atoms with Gasteiger partial charge in [-0.2, -0.15) is 0 Å². The number of carbonyl (C=O) groups is 1. The summed E-state index contributed by atoms with van der Waals surface area (Å²) >= 11 is 1.69. The minimum atomic E-state index is -1.39. The zero-order valence-corrected chi connectivity index (χ0v) is 40.8. The number of benzene rings is 4. The summed E-state index contributed by atoms with van der Waals surface area (Å²) in [6.07, 6.45) is 17.1. The van der Waals surface area contributed by atoms with Crippen LogP contribution in [0.2, 0.25) is 0 Å². The number of unbranched alkanes of at least 4 members (excludes halogenated alkanes) is 2. The Morgan fingerprint density at radius 1 is 0.870 bits per heavy atom. The molecule has 0 saturated heterocycles. The second-order valence-corrected chi connectivity index (χ2v) is 20.1. The Morgan fingerprint density at radius 3 is 2.39 bits per heavy atom. The normalized spacial score (nSPS) is 24.0. The predicted molar refractivity (Wildman–Crippen MR) is 269 cm³/mol. The molecule has 0 aromatic heterocycles. The first-order valence-electron chi connectivity index (χ1n) is 25.2. The van der Waals surface area contributed by atoms with Crippen LogP contribution in [0.1, 0.15) is 106 Å². The highest BCUT2D eigenvalue weighted by molar-refractivity contribution is 7.98. The molecule has 69 heavy (non-hydrogen) atoms. The molecule has 4 aromatic rings. The topological polar surface area (TPSA) is 129 Å². The van der Waals surface area contributed by atoms with Crippen molar-refractivity contribution in [1.29, 1.82) is 0 Å². The van der Waals surface area contributed by atoms with Crippen LogP contribution in [-0.2, 0) is 27.5 Å². The van der Waals surface area contributed by atoms with Gasteiger partial charge in [0.1, 0.15) is 29.9 Å².